The number of rotatable bonds is 9. The molecule has 9 nitrogen and oxygen atoms in total. The van der Waals surface area contributed by atoms with Gasteiger partial charge in [0.1, 0.15) is 0 Å². The van der Waals surface area contributed by atoms with Crippen molar-refractivity contribution in [2.45, 2.75) is 38.4 Å². The van der Waals surface area contributed by atoms with Crippen LogP contribution in [0.4, 0.5) is 30.2 Å². The van der Waals surface area contributed by atoms with E-state index in [1.165, 1.54) is 12.1 Å². The van der Waals surface area contributed by atoms with Crippen molar-refractivity contribution in [2.75, 3.05) is 62.6 Å². The topological polar surface area (TPSA) is 91.2 Å². The van der Waals surface area contributed by atoms with Crippen LogP contribution in [0, 0.1) is 10.1 Å². The van der Waals surface area contributed by atoms with Crippen molar-refractivity contribution in [3.63, 3.8) is 0 Å². The van der Waals surface area contributed by atoms with Gasteiger partial charge in [-0.3, -0.25) is 19.8 Å². The fraction of sp³-hybridized carbons (Fsp3) is 0.519. The van der Waals surface area contributed by atoms with Crippen LogP contribution in [0.5, 0.6) is 5.75 Å². The molecule has 2 saturated heterocycles. The first kappa shape index (κ1) is 29.7. The van der Waals surface area contributed by atoms with Crippen LogP contribution in [-0.4, -0.2) is 79.1 Å². The van der Waals surface area contributed by atoms with Crippen LogP contribution in [0.1, 0.15) is 31.7 Å². The molecule has 0 spiro atoms. The lowest BCUT2D eigenvalue weighted by Crippen LogP contribution is -2.48. The number of hydrogen-bond acceptors (Lipinski definition) is 7. The van der Waals surface area contributed by atoms with Crippen molar-refractivity contribution in [1.29, 1.82) is 0 Å². The third-order valence-electron chi connectivity index (χ3n) is 7.31. The van der Waals surface area contributed by atoms with Crippen LogP contribution in [-0.2, 0) is 11.0 Å². The second-order valence-electron chi connectivity index (χ2n) is 9.91. The van der Waals surface area contributed by atoms with Gasteiger partial charge < -0.3 is 19.9 Å². The number of nitrogens with one attached hydrogen (secondary N) is 1. The van der Waals surface area contributed by atoms with Gasteiger partial charge in [-0.05, 0) is 44.0 Å². The molecule has 1 amide bonds. The van der Waals surface area contributed by atoms with Crippen molar-refractivity contribution in [3.8, 4) is 5.75 Å². The Kier molecular flexibility index (Phi) is 9.62. The number of alkyl halides is 3. The zero-order chi connectivity index (χ0) is 28.9. The van der Waals surface area contributed by atoms with Crippen LogP contribution in [0.2, 0.25) is 5.02 Å². The molecule has 218 valence electrons. The Balaban J connectivity index is 1.20. The van der Waals surface area contributed by atoms with Crippen molar-refractivity contribution in [2.24, 2.45) is 0 Å². The van der Waals surface area contributed by atoms with E-state index in [1.54, 1.807) is 25.1 Å². The molecule has 0 aliphatic carbocycles. The van der Waals surface area contributed by atoms with Crippen molar-refractivity contribution >= 4 is 34.6 Å². The van der Waals surface area contributed by atoms with Crippen LogP contribution in [0.25, 0.3) is 0 Å². The Morgan fingerprint density at radius 1 is 1.10 bits per heavy atom. The van der Waals surface area contributed by atoms with E-state index in [9.17, 15) is 28.1 Å². The normalized spacial score (nSPS) is 17.1. The summed E-state index contributed by atoms with van der Waals surface area (Å²) in [5, 5.41) is 14.3. The Morgan fingerprint density at radius 3 is 2.42 bits per heavy atom. The van der Waals surface area contributed by atoms with E-state index in [4.69, 9.17) is 16.3 Å². The van der Waals surface area contributed by atoms with Gasteiger partial charge in [0.15, 0.2) is 5.75 Å². The molecule has 0 aromatic heterocycles. The number of halogens is 4. The maximum Gasteiger partial charge on any atom is 0.417 e. The molecule has 2 aliphatic rings. The smallest absolute Gasteiger partial charge is 0.417 e. The minimum atomic E-state index is -4.50. The summed E-state index contributed by atoms with van der Waals surface area (Å²) in [6.45, 7) is 6.38. The zero-order valence-corrected chi connectivity index (χ0v) is 23.0. The number of nitrogens with zero attached hydrogens (tertiary/aromatic N) is 4. The number of nitro benzene ring substituents is 1. The molecule has 0 atom stereocenters. The average Bonchev–Trinajstić information content (AvgIpc) is 2.92. The number of nitro groups is 1. The van der Waals surface area contributed by atoms with Crippen molar-refractivity contribution in [3.05, 3.63) is 57.1 Å². The van der Waals surface area contributed by atoms with E-state index < -0.39 is 16.7 Å². The molecule has 0 radical (unpaired) electrons. The number of benzene rings is 2. The molecule has 0 bridgehead atoms. The van der Waals surface area contributed by atoms with Crippen LogP contribution in [0.15, 0.2) is 36.4 Å². The molecule has 2 fully saturated rings. The summed E-state index contributed by atoms with van der Waals surface area (Å²) in [5.74, 6) is 0.313. The van der Waals surface area contributed by atoms with E-state index >= 15 is 0 Å². The second kappa shape index (κ2) is 12.9. The highest BCUT2D eigenvalue weighted by Gasteiger charge is 2.34. The number of carbonyl (C=O) groups excluding carboxylic acids is 1. The minimum Gasteiger partial charge on any atom is -0.487 e. The Bertz CT molecular complexity index is 1200. The molecule has 4 rings (SSSR count). The first-order valence-electron chi connectivity index (χ1n) is 13.3. The number of piperazine rings is 1. The largest absolute Gasteiger partial charge is 0.487 e. The molecule has 2 heterocycles. The van der Waals surface area contributed by atoms with Gasteiger partial charge in [-0.25, -0.2) is 0 Å². The van der Waals surface area contributed by atoms with Crippen LogP contribution in [0.3, 0.4) is 0 Å². The first-order valence-corrected chi connectivity index (χ1v) is 13.7. The van der Waals surface area contributed by atoms with Crippen molar-refractivity contribution < 1.29 is 27.6 Å². The number of hydrogen-bond donors (Lipinski definition) is 1. The van der Waals surface area contributed by atoms with E-state index in [2.05, 4.69) is 10.2 Å². The molecule has 13 heteroatoms. The Hall–Kier alpha value is -3.25. The van der Waals surface area contributed by atoms with Gasteiger partial charge in [-0.15, -0.1) is 0 Å². The number of ether oxygens (including phenoxy) is 1. The van der Waals surface area contributed by atoms with Gasteiger partial charge >= 0.3 is 11.9 Å². The number of anilines is 2. The summed E-state index contributed by atoms with van der Waals surface area (Å²) in [5.41, 5.74) is 0.328. The summed E-state index contributed by atoms with van der Waals surface area (Å²) >= 11 is 5.74. The molecule has 2 aliphatic heterocycles. The van der Waals surface area contributed by atoms with E-state index in [0.717, 1.165) is 24.6 Å². The molecule has 0 saturated carbocycles. The number of carbonyl (C=O) groups is 1. The SMILES string of the molecule is CCOc1cc(NC2CCN(C(=O)CCN3CCN(c4ccc(Cl)c(C(F)(F)F)c4)CC3)CC2)ccc1[N+](=O)[O-]. The van der Waals surface area contributed by atoms with Gasteiger partial charge in [0, 0.05) is 81.8 Å². The predicted octanol–water partition coefficient (Wildman–Crippen LogP) is 5.28. The predicted molar refractivity (Wildman–Crippen MR) is 147 cm³/mol. The maximum absolute atomic E-state index is 13.2. The number of piperidine rings is 1. The molecular weight excluding hydrogens is 551 g/mol. The van der Waals surface area contributed by atoms with Gasteiger partial charge in [0.25, 0.3) is 0 Å². The highest BCUT2D eigenvalue weighted by Crippen LogP contribution is 2.37. The highest BCUT2D eigenvalue weighted by molar-refractivity contribution is 6.31. The fourth-order valence-electron chi connectivity index (χ4n) is 5.10. The molecule has 2 aromatic rings. The number of amides is 1. The lowest BCUT2D eigenvalue weighted by Gasteiger charge is -2.37. The van der Waals surface area contributed by atoms with Crippen LogP contribution >= 0.6 is 11.6 Å². The van der Waals surface area contributed by atoms with Gasteiger partial charge in [0.05, 0.1) is 22.1 Å². The lowest BCUT2D eigenvalue weighted by molar-refractivity contribution is -0.385. The standard InChI is InChI=1S/C27H33ClF3N5O4/c1-2-40-25-17-20(3-6-24(25)36(38)39)32-19-7-11-35(12-8-19)26(37)9-10-33-13-15-34(16-14-33)21-4-5-23(28)22(18-21)27(29,30)31/h3-6,17-19,32H,2,7-16H2,1H3. The summed E-state index contributed by atoms with van der Waals surface area (Å²) in [4.78, 5) is 29.5. The van der Waals surface area contributed by atoms with E-state index in [0.29, 0.717) is 64.5 Å². The third kappa shape index (κ3) is 7.48. The van der Waals surface area contributed by atoms with Gasteiger partial charge in [-0.2, -0.15) is 13.2 Å². The zero-order valence-electron chi connectivity index (χ0n) is 22.3. The van der Waals surface area contributed by atoms with Gasteiger partial charge in [-0.1, -0.05) is 11.6 Å². The van der Waals surface area contributed by atoms with Crippen molar-refractivity contribution in [1.82, 2.24) is 9.80 Å². The third-order valence-corrected chi connectivity index (χ3v) is 7.64. The summed E-state index contributed by atoms with van der Waals surface area (Å²) in [6.07, 6.45) is -2.60. The van der Waals surface area contributed by atoms with Gasteiger partial charge in [0.2, 0.25) is 5.91 Å². The van der Waals surface area contributed by atoms with Crippen LogP contribution < -0.4 is 15.0 Å². The summed E-state index contributed by atoms with van der Waals surface area (Å²) in [6, 6.07) is 8.86. The Labute approximate surface area is 236 Å². The molecule has 0 unspecified atom stereocenters. The molecule has 1 N–H and O–H groups in total. The average molecular weight is 584 g/mol. The fourth-order valence-corrected chi connectivity index (χ4v) is 5.33. The first-order chi connectivity index (χ1) is 19.0. The highest BCUT2D eigenvalue weighted by atomic mass is 35.5. The molecule has 40 heavy (non-hydrogen) atoms. The monoisotopic (exact) mass is 583 g/mol. The van der Waals surface area contributed by atoms with E-state index in [1.807, 2.05) is 9.80 Å². The summed E-state index contributed by atoms with van der Waals surface area (Å²) < 4.78 is 45.0. The molecule has 2 aromatic carbocycles. The minimum absolute atomic E-state index is 0.0743. The lowest BCUT2D eigenvalue weighted by atomic mass is 10.0. The van der Waals surface area contributed by atoms with E-state index in [-0.39, 0.29) is 28.4 Å². The molecular formula is C27H33ClF3N5O4. The second-order valence-corrected chi connectivity index (χ2v) is 10.3. The maximum atomic E-state index is 13.2. The quantitative estimate of drug-likeness (QED) is 0.317. The Morgan fingerprint density at radius 2 is 1.80 bits per heavy atom. The number of likely N-dealkylation sites (tertiary alicyclic amines) is 1. The summed E-state index contributed by atoms with van der Waals surface area (Å²) in [7, 11) is 0.